The molecule has 0 aliphatic carbocycles. The van der Waals surface area contributed by atoms with Crippen molar-refractivity contribution < 1.29 is 14.2 Å². The van der Waals surface area contributed by atoms with Gasteiger partial charge in [0.25, 0.3) is 0 Å². The van der Waals surface area contributed by atoms with Crippen molar-refractivity contribution in [1.82, 2.24) is 0 Å². The Morgan fingerprint density at radius 2 is 1.64 bits per heavy atom. The molecule has 22 heavy (non-hydrogen) atoms. The average Bonchev–Trinajstić information content (AvgIpc) is 2.59. The van der Waals surface area contributed by atoms with Crippen molar-refractivity contribution in [3.05, 3.63) is 65.7 Å². The highest BCUT2D eigenvalue weighted by Gasteiger charge is 2.06. The Balaban J connectivity index is 1.72. The maximum absolute atomic E-state index is 5.67. The monoisotopic (exact) mass is 296 g/mol. The van der Waals surface area contributed by atoms with Gasteiger partial charge in [0.2, 0.25) is 0 Å². The van der Waals surface area contributed by atoms with Crippen LogP contribution in [0.4, 0.5) is 0 Å². The Morgan fingerprint density at radius 1 is 0.955 bits per heavy atom. The van der Waals surface area contributed by atoms with Crippen molar-refractivity contribution in [2.45, 2.75) is 19.3 Å². The molecule has 0 aromatic heterocycles. The van der Waals surface area contributed by atoms with Gasteiger partial charge in [-0.05, 0) is 23.3 Å². The van der Waals surface area contributed by atoms with Gasteiger partial charge in [-0.2, -0.15) is 0 Å². The normalized spacial score (nSPS) is 11.6. The van der Waals surface area contributed by atoms with Crippen LogP contribution < -0.4 is 4.74 Å². The molecule has 2 aromatic carbocycles. The molecular formula is C19H20O3. The summed E-state index contributed by atoms with van der Waals surface area (Å²) in [6.07, 6.45) is 5.13. The van der Waals surface area contributed by atoms with Gasteiger partial charge in [-0.1, -0.05) is 48.4 Å². The van der Waals surface area contributed by atoms with Crippen molar-refractivity contribution in [2.75, 3.05) is 13.7 Å². The second-order valence-corrected chi connectivity index (χ2v) is 4.82. The molecular weight excluding hydrogens is 276 g/mol. The molecule has 1 atom stereocenters. The molecule has 0 N–H and O–H groups in total. The highest BCUT2D eigenvalue weighted by Crippen LogP contribution is 2.12. The molecule has 2 rings (SSSR count). The van der Waals surface area contributed by atoms with Gasteiger partial charge >= 0.3 is 0 Å². The third kappa shape index (κ3) is 5.25. The van der Waals surface area contributed by atoms with Gasteiger partial charge in [-0.3, -0.25) is 0 Å². The average molecular weight is 296 g/mol. The summed E-state index contributed by atoms with van der Waals surface area (Å²) in [6.45, 7) is 1.35. The van der Waals surface area contributed by atoms with E-state index in [1.807, 2.05) is 54.6 Å². The summed E-state index contributed by atoms with van der Waals surface area (Å²) in [5, 5.41) is 0. The van der Waals surface area contributed by atoms with E-state index in [0.29, 0.717) is 19.8 Å². The smallest absolute Gasteiger partial charge is 0.141 e. The lowest BCUT2D eigenvalue weighted by atomic mass is 10.2. The third-order valence-electron chi connectivity index (χ3n) is 3.18. The third-order valence-corrected chi connectivity index (χ3v) is 3.18. The highest BCUT2D eigenvalue weighted by molar-refractivity contribution is 5.26. The molecule has 0 saturated carbocycles. The van der Waals surface area contributed by atoms with E-state index in [0.717, 1.165) is 16.9 Å². The SMILES string of the molecule is C#C[C@@H](COCc1ccc(OC)cc1)OCc1ccccc1. The van der Waals surface area contributed by atoms with Crippen LogP contribution >= 0.6 is 0 Å². The second-order valence-electron chi connectivity index (χ2n) is 4.82. The van der Waals surface area contributed by atoms with Gasteiger partial charge in [0, 0.05) is 0 Å². The van der Waals surface area contributed by atoms with Crippen LogP contribution in [-0.4, -0.2) is 19.8 Å². The van der Waals surface area contributed by atoms with Gasteiger partial charge in [0.1, 0.15) is 11.9 Å². The molecule has 0 bridgehead atoms. The van der Waals surface area contributed by atoms with Crippen LogP contribution in [0, 0.1) is 12.3 Å². The highest BCUT2D eigenvalue weighted by atomic mass is 16.5. The van der Waals surface area contributed by atoms with E-state index in [4.69, 9.17) is 20.6 Å². The molecule has 0 fully saturated rings. The quantitative estimate of drug-likeness (QED) is 0.699. The molecule has 3 heteroatoms. The predicted molar refractivity (Wildman–Crippen MR) is 86.5 cm³/mol. The molecule has 114 valence electrons. The van der Waals surface area contributed by atoms with Crippen molar-refractivity contribution in [2.24, 2.45) is 0 Å². The lowest BCUT2D eigenvalue weighted by molar-refractivity contribution is -0.000516. The molecule has 0 unspecified atom stereocenters. The Bertz CT molecular complexity index is 584. The summed E-state index contributed by atoms with van der Waals surface area (Å²) in [5.41, 5.74) is 2.16. The number of terminal acetylenes is 1. The largest absolute Gasteiger partial charge is 0.497 e. The van der Waals surface area contributed by atoms with E-state index in [2.05, 4.69) is 5.92 Å². The first-order valence-corrected chi connectivity index (χ1v) is 7.14. The lowest BCUT2D eigenvalue weighted by Crippen LogP contribution is -2.17. The fraction of sp³-hybridized carbons (Fsp3) is 0.263. The maximum atomic E-state index is 5.67. The molecule has 3 nitrogen and oxygen atoms in total. The van der Waals surface area contributed by atoms with Crippen LogP contribution in [0.25, 0.3) is 0 Å². The predicted octanol–water partition coefficient (Wildman–Crippen LogP) is 3.43. The van der Waals surface area contributed by atoms with Gasteiger partial charge < -0.3 is 14.2 Å². The maximum Gasteiger partial charge on any atom is 0.141 e. The van der Waals surface area contributed by atoms with Crippen molar-refractivity contribution >= 4 is 0 Å². The number of hydrogen-bond donors (Lipinski definition) is 0. The zero-order valence-corrected chi connectivity index (χ0v) is 12.7. The minimum Gasteiger partial charge on any atom is -0.497 e. The topological polar surface area (TPSA) is 27.7 Å². The Labute approximate surface area is 131 Å². The number of methoxy groups -OCH3 is 1. The van der Waals surface area contributed by atoms with Gasteiger partial charge in [-0.25, -0.2) is 0 Å². The molecule has 0 aliphatic rings. The van der Waals surface area contributed by atoms with Crippen molar-refractivity contribution in [1.29, 1.82) is 0 Å². The first kappa shape index (κ1) is 16.1. The standard InChI is InChI=1S/C19H20O3/c1-3-18(22-14-16-7-5-4-6-8-16)15-21-13-17-9-11-19(20-2)12-10-17/h1,4-12,18H,13-15H2,2H3/t18-/m0/s1. The summed E-state index contributed by atoms with van der Waals surface area (Å²) in [5.74, 6) is 3.44. The zero-order valence-electron chi connectivity index (χ0n) is 12.7. The fourth-order valence-corrected chi connectivity index (χ4v) is 1.92. The number of ether oxygens (including phenoxy) is 3. The Kier molecular flexibility index (Phi) is 6.50. The number of benzene rings is 2. The van der Waals surface area contributed by atoms with Crippen molar-refractivity contribution in [3.63, 3.8) is 0 Å². The first-order chi connectivity index (χ1) is 10.8. The van der Waals surface area contributed by atoms with Gasteiger partial charge in [-0.15, -0.1) is 6.42 Å². The van der Waals surface area contributed by atoms with E-state index in [1.54, 1.807) is 7.11 Å². The van der Waals surface area contributed by atoms with Crippen LogP contribution in [0.3, 0.4) is 0 Å². The van der Waals surface area contributed by atoms with E-state index < -0.39 is 0 Å². The van der Waals surface area contributed by atoms with Crippen molar-refractivity contribution in [3.8, 4) is 18.1 Å². The summed E-state index contributed by atoms with van der Waals surface area (Å²) in [4.78, 5) is 0. The van der Waals surface area contributed by atoms with Crippen LogP contribution in [0.15, 0.2) is 54.6 Å². The molecule has 0 aliphatic heterocycles. The molecule has 0 saturated heterocycles. The van der Waals surface area contributed by atoms with E-state index in [-0.39, 0.29) is 6.10 Å². The summed E-state index contributed by atoms with van der Waals surface area (Å²) >= 11 is 0. The van der Waals surface area contributed by atoms with Crippen LogP contribution in [0.1, 0.15) is 11.1 Å². The number of hydrogen-bond acceptors (Lipinski definition) is 3. The summed E-state index contributed by atoms with van der Waals surface area (Å²) in [7, 11) is 1.65. The minimum atomic E-state index is -0.349. The van der Waals surface area contributed by atoms with Crippen LogP contribution in [0.5, 0.6) is 5.75 Å². The first-order valence-electron chi connectivity index (χ1n) is 7.14. The Hall–Kier alpha value is -2.28. The second kappa shape index (κ2) is 8.89. The molecule has 0 amide bonds. The molecule has 0 spiro atoms. The molecule has 2 aromatic rings. The molecule has 0 heterocycles. The van der Waals surface area contributed by atoms with Crippen LogP contribution in [0.2, 0.25) is 0 Å². The van der Waals surface area contributed by atoms with E-state index in [9.17, 15) is 0 Å². The van der Waals surface area contributed by atoms with E-state index >= 15 is 0 Å². The van der Waals surface area contributed by atoms with Gasteiger partial charge in [0.15, 0.2) is 0 Å². The van der Waals surface area contributed by atoms with Crippen LogP contribution in [-0.2, 0) is 22.7 Å². The molecule has 0 radical (unpaired) electrons. The zero-order chi connectivity index (χ0) is 15.6. The van der Waals surface area contributed by atoms with Gasteiger partial charge in [0.05, 0.1) is 26.9 Å². The fourth-order valence-electron chi connectivity index (χ4n) is 1.92. The lowest BCUT2D eigenvalue weighted by Gasteiger charge is -2.13. The summed E-state index contributed by atoms with van der Waals surface area (Å²) in [6, 6.07) is 17.7. The van der Waals surface area contributed by atoms with E-state index in [1.165, 1.54) is 0 Å². The minimum absolute atomic E-state index is 0.349. The Morgan fingerprint density at radius 3 is 2.27 bits per heavy atom. The number of rotatable bonds is 8. The summed E-state index contributed by atoms with van der Waals surface area (Å²) < 4.78 is 16.4.